The number of hydrogen-bond donors (Lipinski definition) is 1. The molecule has 0 aromatic heterocycles. The number of nitrogens with zero attached hydrogens (tertiary/aromatic N) is 2. The zero-order valence-electron chi connectivity index (χ0n) is 12.2. The molecular weight excluding hydrogens is 268 g/mol. The van der Waals surface area contributed by atoms with Gasteiger partial charge in [0.1, 0.15) is 17.5 Å². The van der Waals surface area contributed by atoms with Crippen molar-refractivity contribution in [3.8, 4) is 11.8 Å². The number of nitriles is 1. The van der Waals surface area contributed by atoms with Crippen LogP contribution in [-0.2, 0) is 4.79 Å². The van der Waals surface area contributed by atoms with Gasteiger partial charge in [0.25, 0.3) is 0 Å². The summed E-state index contributed by atoms with van der Waals surface area (Å²) in [6.07, 6.45) is 0.481. The molecule has 0 unspecified atom stereocenters. The SMILES string of the molecule is CC1(C)Oc2ccc(C#N)cc2[C@H](N2CCCC2=O)[C@@H]1O. The fourth-order valence-electron chi connectivity index (χ4n) is 3.14. The Balaban J connectivity index is 2.12. The minimum Gasteiger partial charge on any atom is -0.485 e. The molecule has 2 heterocycles. The molecule has 110 valence electrons. The van der Waals surface area contributed by atoms with Crippen LogP contribution in [0.2, 0.25) is 0 Å². The summed E-state index contributed by atoms with van der Waals surface area (Å²) in [6.45, 7) is 4.26. The van der Waals surface area contributed by atoms with Crippen LogP contribution in [0.25, 0.3) is 0 Å². The highest BCUT2D eigenvalue weighted by Gasteiger charge is 2.47. The first-order chi connectivity index (χ1) is 9.94. The standard InChI is InChI=1S/C16H18N2O3/c1-16(2)15(20)14(18-7-3-4-13(18)19)11-8-10(9-17)5-6-12(11)21-16/h5-6,8,14-15,20H,3-4,7H2,1-2H3/t14-,15-/m0/s1. The van der Waals surface area contributed by atoms with Crippen LogP contribution in [0.4, 0.5) is 0 Å². The second kappa shape index (κ2) is 4.74. The van der Waals surface area contributed by atoms with Gasteiger partial charge in [-0.2, -0.15) is 5.26 Å². The molecule has 3 rings (SSSR count). The van der Waals surface area contributed by atoms with E-state index in [0.29, 0.717) is 24.3 Å². The third-order valence-corrected chi connectivity index (χ3v) is 4.29. The third kappa shape index (κ3) is 2.16. The van der Waals surface area contributed by atoms with Crippen molar-refractivity contribution < 1.29 is 14.6 Å². The van der Waals surface area contributed by atoms with Gasteiger partial charge in [-0.25, -0.2) is 0 Å². The number of amides is 1. The maximum absolute atomic E-state index is 12.1. The van der Waals surface area contributed by atoms with E-state index in [4.69, 9.17) is 10.00 Å². The summed E-state index contributed by atoms with van der Waals surface area (Å²) in [5, 5.41) is 19.8. The Labute approximate surface area is 123 Å². The van der Waals surface area contributed by atoms with Crippen LogP contribution in [0.1, 0.15) is 43.9 Å². The summed E-state index contributed by atoms with van der Waals surface area (Å²) in [5.41, 5.74) is 0.436. The second-order valence-electron chi connectivity index (χ2n) is 6.15. The number of ether oxygens (including phenoxy) is 1. The highest BCUT2D eigenvalue weighted by atomic mass is 16.5. The Kier molecular flexibility index (Phi) is 3.14. The van der Waals surface area contributed by atoms with Crippen molar-refractivity contribution in [2.24, 2.45) is 0 Å². The molecule has 0 radical (unpaired) electrons. The molecule has 1 saturated heterocycles. The van der Waals surface area contributed by atoms with Crippen molar-refractivity contribution in [3.63, 3.8) is 0 Å². The Hall–Kier alpha value is -2.06. The number of carbonyl (C=O) groups excluding carboxylic acids is 1. The van der Waals surface area contributed by atoms with Crippen molar-refractivity contribution in [2.45, 2.75) is 44.4 Å². The summed E-state index contributed by atoms with van der Waals surface area (Å²) in [6, 6.07) is 6.79. The fourth-order valence-corrected chi connectivity index (χ4v) is 3.14. The lowest BCUT2D eigenvalue weighted by Crippen LogP contribution is -2.53. The van der Waals surface area contributed by atoms with Crippen molar-refractivity contribution in [1.29, 1.82) is 5.26 Å². The molecule has 21 heavy (non-hydrogen) atoms. The quantitative estimate of drug-likeness (QED) is 0.853. The maximum Gasteiger partial charge on any atom is 0.223 e. The minimum atomic E-state index is -0.832. The molecule has 1 fully saturated rings. The van der Waals surface area contributed by atoms with Crippen molar-refractivity contribution in [3.05, 3.63) is 29.3 Å². The largest absolute Gasteiger partial charge is 0.485 e. The number of rotatable bonds is 1. The van der Waals surface area contributed by atoms with E-state index in [1.165, 1.54) is 0 Å². The summed E-state index contributed by atoms with van der Waals surface area (Å²) in [7, 11) is 0. The molecule has 1 aromatic carbocycles. The first-order valence-electron chi connectivity index (χ1n) is 7.14. The Bertz CT molecular complexity index is 633. The average molecular weight is 286 g/mol. The molecule has 5 nitrogen and oxygen atoms in total. The second-order valence-corrected chi connectivity index (χ2v) is 6.15. The van der Waals surface area contributed by atoms with E-state index < -0.39 is 17.7 Å². The molecule has 0 aliphatic carbocycles. The average Bonchev–Trinajstić information content (AvgIpc) is 2.86. The molecule has 0 spiro atoms. The molecular formula is C16H18N2O3. The molecule has 1 amide bonds. The molecule has 5 heteroatoms. The predicted molar refractivity (Wildman–Crippen MR) is 75.6 cm³/mol. The summed E-state index contributed by atoms with van der Waals surface area (Å²) >= 11 is 0. The lowest BCUT2D eigenvalue weighted by atomic mass is 9.85. The van der Waals surface area contributed by atoms with Crippen molar-refractivity contribution in [2.75, 3.05) is 6.54 Å². The van der Waals surface area contributed by atoms with Crippen LogP contribution in [-0.4, -0.2) is 34.2 Å². The Morgan fingerprint density at radius 2 is 2.24 bits per heavy atom. The minimum absolute atomic E-state index is 0.0464. The molecule has 0 saturated carbocycles. The van der Waals surface area contributed by atoms with Crippen molar-refractivity contribution in [1.82, 2.24) is 4.90 Å². The van der Waals surface area contributed by atoms with Gasteiger partial charge in [0.15, 0.2) is 0 Å². The van der Waals surface area contributed by atoms with E-state index >= 15 is 0 Å². The predicted octanol–water partition coefficient (Wildman–Crippen LogP) is 1.75. The first-order valence-corrected chi connectivity index (χ1v) is 7.14. The molecule has 2 atom stereocenters. The van der Waals surface area contributed by atoms with E-state index in [9.17, 15) is 9.90 Å². The first kappa shape index (κ1) is 13.9. The molecule has 1 aromatic rings. The van der Waals surface area contributed by atoms with Gasteiger partial charge in [-0.05, 0) is 38.5 Å². The van der Waals surface area contributed by atoms with Crippen LogP contribution < -0.4 is 4.74 Å². The van der Waals surface area contributed by atoms with E-state index in [2.05, 4.69) is 6.07 Å². The molecule has 2 aliphatic heterocycles. The number of likely N-dealkylation sites (tertiary alicyclic amines) is 1. The van der Waals surface area contributed by atoms with Crippen LogP contribution in [0.15, 0.2) is 18.2 Å². The summed E-state index contributed by atoms with van der Waals surface area (Å²) in [4.78, 5) is 13.8. The third-order valence-electron chi connectivity index (χ3n) is 4.29. The summed E-state index contributed by atoms with van der Waals surface area (Å²) in [5.74, 6) is 0.680. The molecule has 2 aliphatic rings. The van der Waals surface area contributed by atoms with Crippen LogP contribution in [0, 0.1) is 11.3 Å². The zero-order chi connectivity index (χ0) is 15.2. The van der Waals surface area contributed by atoms with Gasteiger partial charge in [0, 0.05) is 18.5 Å². The number of hydrogen-bond acceptors (Lipinski definition) is 4. The van der Waals surface area contributed by atoms with Crippen LogP contribution >= 0.6 is 0 Å². The number of benzene rings is 1. The number of aliphatic hydroxyl groups is 1. The number of aliphatic hydroxyl groups excluding tert-OH is 1. The normalized spacial score (nSPS) is 27.0. The Morgan fingerprint density at radius 3 is 2.86 bits per heavy atom. The van der Waals surface area contributed by atoms with Crippen LogP contribution in [0.5, 0.6) is 5.75 Å². The number of fused-ring (bicyclic) bond motifs is 1. The van der Waals surface area contributed by atoms with E-state index in [1.54, 1.807) is 23.1 Å². The highest BCUT2D eigenvalue weighted by Crippen LogP contribution is 2.44. The highest BCUT2D eigenvalue weighted by molar-refractivity contribution is 5.79. The number of carbonyl (C=O) groups is 1. The zero-order valence-corrected chi connectivity index (χ0v) is 12.2. The topological polar surface area (TPSA) is 73.6 Å². The maximum atomic E-state index is 12.1. The van der Waals surface area contributed by atoms with E-state index in [1.807, 2.05) is 13.8 Å². The van der Waals surface area contributed by atoms with E-state index in [-0.39, 0.29) is 5.91 Å². The smallest absolute Gasteiger partial charge is 0.223 e. The van der Waals surface area contributed by atoms with Crippen LogP contribution in [0.3, 0.4) is 0 Å². The van der Waals surface area contributed by atoms with E-state index in [0.717, 1.165) is 12.0 Å². The van der Waals surface area contributed by atoms with Gasteiger partial charge in [0.2, 0.25) is 5.91 Å². The van der Waals surface area contributed by atoms with Gasteiger partial charge < -0.3 is 14.7 Å². The van der Waals surface area contributed by atoms with Gasteiger partial charge in [-0.1, -0.05) is 0 Å². The van der Waals surface area contributed by atoms with Gasteiger partial charge in [-0.3, -0.25) is 4.79 Å². The van der Waals surface area contributed by atoms with Crippen molar-refractivity contribution >= 4 is 5.91 Å². The summed E-state index contributed by atoms with van der Waals surface area (Å²) < 4.78 is 5.86. The molecule has 0 bridgehead atoms. The fraction of sp³-hybridized carbons (Fsp3) is 0.500. The van der Waals surface area contributed by atoms with Gasteiger partial charge in [-0.15, -0.1) is 0 Å². The lowest BCUT2D eigenvalue weighted by molar-refractivity contribution is -0.139. The van der Waals surface area contributed by atoms with Gasteiger partial charge in [0.05, 0.1) is 17.7 Å². The monoisotopic (exact) mass is 286 g/mol. The Morgan fingerprint density at radius 1 is 1.48 bits per heavy atom. The molecule has 1 N–H and O–H groups in total. The lowest BCUT2D eigenvalue weighted by Gasteiger charge is -2.45. The van der Waals surface area contributed by atoms with Gasteiger partial charge >= 0.3 is 0 Å².